The molecule has 0 unspecified atom stereocenters. The summed E-state index contributed by atoms with van der Waals surface area (Å²) in [5, 5.41) is 2.76. The number of rotatable bonds is 6. The number of hydrogen-bond donors (Lipinski definition) is 1. The summed E-state index contributed by atoms with van der Waals surface area (Å²) in [5.74, 6) is -0.0503. The van der Waals surface area contributed by atoms with Crippen molar-refractivity contribution in [3.63, 3.8) is 0 Å². The molecule has 0 saturated carbocycles. The van der Waals surface area contributed by atoms with Crippen LogP contribution in [-0.2, 0) is 21.2 Å². The van der Waals surface area contributed by atoms with Gasteiger partial charge in [-0.05, 0) is 42.7 Å². The number of anilines is 2. The van der Waals surface area contributed by atoms with Gasteiger partial charge in [0, 0.05) is 24.7 Å². The van der Waals surface area contributed by atoms with Gasteiger partial charge >= 0.3 is 0 Å². The Morgan fingerprint density at radius 3 is 2.74 bits per heavy atom. The molecule has 27 heavy (non-hydrogen) atoms. The van der Waals surface area contributed by atoms with Gasteiger partial charge in [-0.2, -0.15) is 0 Å². The van der Waals surface area contributed by atoms with Crippen LogP contribution < -0.4 is 14.4 Å². The van der Waals surface area contributed by atoms with Gasteiger partial charge in [0.25, 0.3) is 0 Å². The fourth-order valence-electron chi connectivity index (χ4n) is 3.05. The number of carbonyl (C=O) groups excluding carboxylic acids is 1. The number of ether oxygens (including phenoxy) is 1. The molecule has 0 aromatic heterocycles. The number of benzene rings is 2. The van der Waals surface area contributed by atoms with Crippen LogP contribution in [0.2, 0.25) is 0 Å². The van der Waals surface area contributed by atoms with Crippen LogP contribution in [0, 0.1) is 5.82 Å². The highest BCUT2D eigenvalue weighted by Crippen LogP contribution is 2.35. The van der Waals surface area contributed by atoms with Gasteiger partial charge in [-0.15, -0.1) is 0 Å². The molecule has 3 rings (SSSR count). The van der Waals surface area contributed by atoms with Crippen molar-refractivity contribution in [2.45, 2.75) is 19.3 Å². The van der Waals surface area contributed by atoms with E-state index in [1.807, 2.05) is 0 Å². The monoisotopic (exact) mass is 392 g/mol. The van der Waals surface area contributed by atoms with Crippen LogP contribution in [0.4, 0.5) is 15.8 Å². The zero-order valence-electron chi connectivity index (χ0n) is 14.9. The molecule has 1 saturated heterocycles. The molecule has 1 aliphatic rings. The molecular formula is C19H21FN2O4S. The molecule has 0 radical (unpaired) electrons. The van der Waals surface area contributed by atoms with Crippen LogP contribution >= 0.6 is 0 Å². The highest BCUT2D eigenvalue weighted by atomic mass is 32.2. The van der Waals surface area contributed by atoms with Crippen LogP contribution in [0.25, 0.3) is 0 Å². The smallest absolute Gasteiger partial charge is 0.235 e. The molecule has 1 amide bonds. The molecule has 1 fully saturated rings. The number of sulfonamides is 1. The van der Waals surface area contributed by atoms with Gasteiger partial charge in [-0.3, -0.25) is 9.10 Å². The topological polar surface area (TPSA) is 75.7 Å². The SMILES string of the molecule is COc1cc(NC(=O)CCc2cccc(F)c2)ccc1N1CCCS1(=O)=O. The first-order chi connectivity index (χ1) is 12.9. The first-order valence-electron chi connectivity index (χ1n) is 8.62. The second kappa shape index (κ2) is 7.96. The van der Waals surface area contributed by atoms with Crippen molar-refractivity contribution < 1.29 is 22.3 Å². The van der Waals surface area contributed by atoms with Crippen LogP contribution in [0.15, 0.2) is 42.5 Å². The van der Waals surface area contributed by atoms with Crippen LogP contribution in [-0.4, -0.2) is 33.7 Å². The molecule has 1 aliphatic heterocycles. The van der Waals surface area contributed by atoms with Gasteiger partial charge in [0.15, 0.2) is 0 Å². The van der Waals surface area contributed by atoms with Crippen molar-refractivity contribution in [3.05, 3.63) is 53.8 Å². The van der Waals surface area contributed by atoms with E-state index >= 15 is 0 Å². The molecule has 2 aromatic carbocycles. The molecule has 0 spiro atoms. The number of methoxy groups -OCH3 is 1. The zero-order valence-corrected chi connectivity index (χ0v) is 15.8. The number of aryl methyl sites for hydroxylation is 1. The van der Waals surface area contributed by atoms with Gasteiger partial charge < -0.3 is 10.1 Å². The predicted molar refractivity (Wildman–Crippen MR) is 102 cm³/mol. The summed E-state index contributed by atoms with van der Waals surface area (Å²) in [7, 11) is -1.86. The van der Waals surface area contributed by atoms with E-state index < -0.39 is 10.0 Å². The summed E-state index contributed by atoms with van der Waals surface area (Å²) < 4.78 is 44.1. The van der Waals surface area contributed by atoms with Gasteiger partial charge in [-0.1, -0.05) is 12.1 Å². The summed E-state index contributed by atoms with van der Waals surface area (Å²) in [6.45, 7) is 0.415. The summed E-state index contributed by atoms with van der Waals surface area (Å²) in [6.07, 6.45) is 1.20. The Hall–Kier alpha value is -2.61. The Morgan fingerprint density at radius 1 is 1.26 bits per heavy atom. The maximum absolute atomic E-state index is 13.2. The fourth-order valence-corrected chi connectivity index (χ4v) is 4.62. The quantitative estimate of drug-likeness (QED) is 0.820. The Balaban J connectivity index is 1.67. The lowest BCUT2D eigenvalue weighted by Crippen LogP contribution is -2.25. The minimum Gasteiger partial charge on any atom is -0.494 e. The highest BCUT2D eigenvalue weighted by Gasteiger charge is 2.30. The molecule has 1 N–H and O–H groups in total. The van der Waals surface area contributed by atoms with Crippen molar-refractivity contribution >= 4 is 27.3 Å². The van der Waals surface area contributed by atoms with Gasteiger partial charge in [-0.25, -0.2) is 12.8 Å². The Kier molecular flexibility index (Phi) is 5.65. The maximum atomic E-state index is 13.2. The Morgan fingerprint density at radius 2 is 2.07 bits per heavy atom. The van der Waals surface area contributed by atoms with E-state index in [9.17, 15) is 17.6 Å². The molecule has 0 aliphatic carbocycles. The first kappa shape index (κ1) is 19.2. The predicted octanol–water partition coefficient (Wildman–Crippen LogP) is 2.95. The molecule has 0 bridgehead atoms. The largest absolute Gasteiger partial charge is 0.494 e. The fraction of sp³-hybridized carbons (Fsp3) is 0.316. The number of carbonyl (C=O) groups is 1. The summed E-state index contributed by atoms with van der Waals surface area (Å²) in [6, 6.07) is 11.0. The number of nitrogens with zero attached hydrogens (tertiary/aromatic N) is 1. The minimum atomic E-state index is -3.32. The molecule has 0 atom stereocenters. The standard InChI is InChI=1S/C19H21FN2O4S/c1-26-18-13-16(7-8-17(18)22-10-3-11-27(22,24)25)21-19(23)9-6-14-4-2-5-15(20)12-14/h2,4-5,7-8,12-13H,3,6,9-11H2,1H3,(H,21,23). The van der Waals surface area contributed by atoms with E-state index in [0.717, 1.165) is 5.56 Å². The van der Waals surface area contributed by atoms with Crippen molar-refractivity contribution in [1.82, 2.24) is 0 Å². The van der Waals surface area contributed by atoms with Gasteiger partial charge in [0.2, 0.25) is 15.9 Å². The lowest BCUT2D eigenvalue weighted by Gasteiger charge is -2.20. The van der Waals surface area contributed by atoms with Crippen molar-refractivity contribution in [3.8, 4) is 5.75 Å². The normalized spacial score (nSPS) is 15.6. The zero-order chi connectivity index (χ0) is 19.4. The van der Waals surface area contributed by atoms with Gasteiger partial charge in [0.05, 0.1) is 18.6 Å². The van der Waals surface area contributed by atoms with E-state index in [4.69, 9.17) is 4.74 Å². The van der Waals surface area contributed by atoms with Gasteiger partial charge in [0.1, 0.15) is 11.6 Å². The average Bonchev–Trinajstić information content (AvgIpc) is 2.99. The molecule has 1 heterocycles. The number of hydrogen-bond acceptors (Lipinski definition) is 4. The summed E-state index contributed by atoms with van der Waals surface area (Å²) in [5.41, 5.74) is 1.72. The lowest BCUT2D eigenvalue weighted by molar-refractivity contribution is -0.116. The molecule has 6 nitrogen and oxygen atoms in total. The minimum absolute atomic E-state index is 0.120. The van der Waals surface area contributed by atoms with E-state index in [2.05, 4.69) is 5.32 Å². The highest BCUT2D eigenvalue weighted by molar-refractivity contribution is 7.93. The Labute approximate surface area is 158 Å². The average molecular weight is 392 g/mol. The van der Waals surface area contributed by atoms with Crippen LogP contribution in [0.5, 0.6) is 5.75 Å². The molecule has 144 valence electrons. The number of amides is 1. The summed E-state index contributed by atoms with van der Waals surface area (Å²) >= 11 is 0. The third-order valence-corrected chi connectivity index (χ3v) is 6.22. The number of halogens is 1. The van der Waals surface area contributed by atoms with Crippen molar-refractivity contribution in [2.24, 2.45) is 0 Å². The second-order valence-electron chi connectivity index (χ2n) is 6.31. The summed E-state index contributed by atoms with van der Waals surface area (Å²) in [4.78, 5) is 12.2. The molecule has 8 heteroatoms. The number of nitrogens with one attached hydrogen (secondary N) is 1. The lowest BCUT2D eigenvalue weighted by atomic mass is 10.1. The molecular weight excluding hydrogens is 371 g/mol. The first-order valence-corrected chi connectivity index (χ1v) is 10.2. The third-order valence-electron chi connectivity index (χ3n) is 4.36. The van der Waals surface area contributed by atoms with E-state index in [0.29, 0.717) is 36.5 Å². The maximum Gasteiger partial charge on any atom is 0.235 e. The third kappa shape index (κ3) is 4.57. The van der Waals surface area contributed by atoms with E-state index in [1.165, 1.54) is 23.5 Å². The van der Waals surface area contributed by atoms with E-state index in [-0.39, 0.29) is 23.9 Å². The van der Waals surface area contributed by atoms with Crippen molar-refractivity contribution in [2.75, 3.05) is 29.0 Å². The second-order valence-corrected chi connectivity index (χ2v) is 8.32. The van der Waals surface area contributed by atoms with Crippen molar-refractivity contribution in [1.29, 1.82) is 0 Å². The van der Waals surface area contributed by atoms with E-state index in [1.54, 1.807) is 30.3 Å². The van der Waals surface area contributed by atoms with Crippen LogP contribution in [0.3, 0.4) is 0 Å². The van der Waals surface area contributed by atoms with Crippen LogP contribution in [0.1, 0.15) is 18.4 Å². The molecule has 2 aromatic rings. The Bertz CT molecular complexity index is 946.